The lowest BCUT2D eigenvalue weighted by molar-refractivity contribution is 0.459. The molecule has 0 aromatic rings. The highest BCUT2D eigenvalue weighted by molar-refractivity contribution is 5.99. The molecule has 0 heterocycles. The summed E-state index contributed by atoms with van der Waals surface area (Å²) < 4.78 is 4.61. The molecule has 3 heteroatoms. The van der Waals surface area contributed by atoms with Crippen molar-refractivity contribution in [2.24, 2.45) is 5.41 Å². The summed E-state index contributed by atoms with van der Waals surface area (Å²) in [5.74, 6) is 0.279. The number of nitrogens with zero attached hydrogens (tertiary/aromatic N) is 1. The van der Waals surface area contributed by atoms with Gasteiger partial charge in [-0.2, -0.15) is 5.26 Å². The van der Waals surface area contributed by atoms with E-state index in [2.05, 4.69) is 21.5 Å². The first-order valence-corrected chi connectivity index (χ1v) is 4.04. The molecule has 3 radical (unpaired) electrons. The summed E-state index contributed by atoms with van der Waals surface area (Å²) in [4.78, 5) is 0. The highest BCUT2D eigenvalue weighted by Crippen LogP contribution is 2.22. The van der Waals surface area contributed by atoms with Crippen molar-refractivity contribution in [1.29, 1.82) is 5.26 Å². The molecule has 0 saturated carbocycles. The van der Waals surface area contributed by atoms with Crippen LogP contribution < -0.4 is 0 Å². The summed E-state index contributed by atoms with van der Waals surface area (Å²) in [5.41, 5.74) is 0.00680. The van der Waals surface area contributed by atoms with Crippen molar-refractivity contribution in [3.05, 3.63) is 24.5 Å². The summed E-state index contributed by atoms with van der Waals surface area (Å²) in [6.45, 7) is 7.78. The number of hydrogen-bond donors (Lipinski definition) is 0. The van der Waals surface area contributed by atoms with Crippen LogP contribution in [0.1, 0.15) is 20.3 Å². The number of hydrogen-bond acceptors (Lipinski definition) is 2. The summed E-state index contributed by atoms with van der Waals surface area (Å²) in [6.07, 6.45) is 4.32. The van der Waals surface area contributed by atoms with E-state index >= 15 is 0 Å². The molecule has 0 unspecified atom stereocenters. The minimum absolute atomic E-state index is 0.00680. The van der Waals surface area contributed by atoms with Crippen LogP contribution in [-0.4, -0.2) is 10.5 Å². The molecule has 0 rings (SSSR count). The van der Waals surface area contributed by atoms with Gasteiger partial charge >= 0.3 is 10.5 Å². The summed E-state index contributed by atoms with van der Waals surface area (Å²) >= 11 is 0. The lowest BCUT2D eigenvalue weighted by atomic mass is 9.89. The summed E-state index contributed by atoms with van der Waals surface area (Å²) in [5, 5.41) is 8.50. The molecule has 0 N–H and O–H groups in total. The van der Waals surface area contributed by atoms with Gasteiger partial charge in [0.05, 0.1) is 0 Å². The third-order valence-corrected chi connectivity index (χ3v) is 1.81. The number of nitriles is 1. The molecule has 0 aromatic carbocycles. The van der Waals surface area contributed by atoms with Crippen LogP contribution in [0.3, 0.4) is 0 Å². The van der Waals surface area contributed by atoms with E-state index in [4.69, 9.17) is 5.26 Å². The Morgan fingerprint density at radius 1 is 1.75 bits per heavy atom. The van der Waals surface area contributed by atoms with Gasteiger partial charge in [0.1, 0.15) is 6.07 Å². The third-order valence-electron chi connectivity index (χ3n) is 1.59. The average Bonchev–Trinajstić information content (AvgIpc) is 2.06. The molecule has 0 aliphatic carbocycles. The number of rotatable bonds is 4. The van der Waals surface area contributed by atoms with Crippen LogP contribution >= 0.6 is 0 Å². The molecule has 0 aliphatic rings. The maximum atomic E-state index is 8.50. The predicted molar refractivity (Wildman–Crippen MR) is 49.1 cm³/mol. The van der Waals surface area contributed by atoms with E-state index in [1.165, 1.54) is 0 Å². The maximum Gasteiger partial charge on any atom is 0.342 e. The Bertz CT molecular complexity index is 225. The highest BCUT2D eigenvalue weighted by atomic mass is 28.2. The predicted octanol–water partition coefficient (Wildman–Crippen LogP) is 2.10. The van der Waals surface area contributed by atoms with Crippen molar-refractivity contribution < 1.29 is 4.43 Å². The second kappa shape index (κ2) is 4.78. The lowest BCUT2D eigenvalue weighted by Gasteiger charge is -2.16. The first-order valence-electron chi connectivity index (χ1n) is 3.63. The van der Waals surface area contributed by atoms with Crippen LogP contribution in [-0.2, 0) is 4.43 Å². The highest BCUT2D eigenvalue weighted by Gasteiger charge is 2.10. The van der Waals surface area contributed by atoms with Gasteiger partial charge in [-0.3, -0.25) is 0 Å². The Hall–Kier alpha value is -1.01. The van der Waals surface area contributed by atoms with Gasteiger partial charge in [0.2, 0.25) is 0 Å². The second-order valence-electron chi connectivity index (χ2n) is 3.18. The molecule has 0 saturated heterocycles. The van der Waals surface area contributed by atoms with Crippen LogP contribution in [0, 0.1) is 16.7 Å². The van der Waals surface area contributed by atoms with Crippen LogP contribution in [0.5, 0.6) is 0 Å². The maximum absolute atomic E-state index is 8.50. The molecule has 63 valence electrons. The standard InChI is InChI=1S/C9H12NOSi/c1-4-9(2,3)6-5-8(7-10)11-12/h4-5H,1,6H2,2-3H3/b8-5+. The van der Waals surface area contributed by atoms with Gasteiger partial charge in [-0.1, -0.05) is 19.9 Å². The van der Waals surface area contributed by atoms with Gasteiger partial charge < -0.3 is 4.43 Å². The quantitative estimate of drug-likeness (QED) is 0.286. The normalized spacial score (nSPS) is 12.0. The van der Waals surface area contributed by atoms with Crippen molar-refractivity contribution in [1.82, 2.24) is 0 Å². The molecule has 0 spiro atoms. The molecule has 0 aromatic heterocycles. The molecule has 0 atom stereocenters. The molecule has 12 heavy (non-hydrogen) atoms. The topological polar surface area (TPSA) is 33.0 Å². The SMILES string of the molecule is C=CC(C)(C)C/C=C(\C#N)O[Si]. The van der Waals surface area contributed by atoms with Crippen LogP contribution in [0.2, 0.25) is 0 Å². The van der Waals surface area contributed by atoms with Gasteiger partial charge in [-0.05, 0) is 17.9 Å². The molecule has 0 fully saturated rings. The van der Waals surface area contributed by atoms with Crippen molar-refractivity contribution in [2.75, 3.05) is 0 Å². The molecular formula is C9H12NOSi. The van der Waals surface area contributed by atoms with Crippen molar-refractivity contribution in [3.8, 4) is 6.07 Å². The van der Waals surface area contributed by atoms with E-state index < -0.39 is 0 Å². The number of allylic oxidation sites excluding steroid dienone is 3. The van der Waals surface area contributed by atoms with Gasteiger partial charge in [0, 0.05) is 0 Å². The van der Waals surface area contributed by atoms with E-state index in [-0.39, 0.29) is 11.2 Å². The monoisotopic (exact) mass is 178 g/mol. The van der Waals surface area contributed by atoms with Crippen LogP contribution in [0.15, 0.2) is 24.5 Å². The summed E-state index contributed by atoms with van der Waals surface area (Å²) in [6, 6.07) is 1.90. The Kier molecular flexibility index (Phi) is 4.38. The lowest BCUT2D eigenvalue weighted by Crippen LogP contribution is -2.05. The van der Waals surface area contributed by atoms with E-state index in [1.807, 2.05) is 26.0 Å². The summed E-state index contributed by atoms with van der Waals surface area (Å²) in [7, 11) is 2.80. The van der Waals surface area contributed by atoms with E-state index in [1.54, 1.807) is 6.08 Å². The van der Waals surface area contributed by atoms with Crippen molar-refractivity contribution in [3.63, 3.8) is 0 Å². The Morgan fingerprint density at radius 3 is 2.67 bits per heavy atom. The van der Waals surface area contributed by atoms with Gasteiger partial charge in [-0.25, -0.2) is 0 Å². The first kappa shape index (κ1) is 11.0. The fourth-order valence-electron chi connectivity index (χ4n) is 0.549. The fourth-order valence-corrected chi connectivity index (χ4v) is 0.678. The zero-order valence-electron chi connectivity index (χ0n) is 7.42. The second-order valence-corrected chi connectivity index (χ2v) is 3.38. The smallest absolute Gasteiger partial charge is 0.342 e. The third kappa shape index (κ3) is 3.99. The van der Waals surface area contributed by atoms with Gasteiger partial charge in [0.15, 0.2) is 5.76 Å². The zero-order chi connectivity index (χ0) is 9.61. The molecule has 0 aliphatic heterocycles. The van der Waals surface area contributed by atoms with E-state index in [0.29, 0.717) is 0 Å². The van der Waals surface area contributed by atoms with Gasteiger partial charge in [0.25, 0.3) is 0 Å². The minimum atomic E-state index is 0.00680. The van der Waals surface area contributed by atoms with E-state index in [0.717, 1.165) is 6.42 Å². The Morgan fingerprint density at radius 2 is 2.33 bits per heavy atom. The fraction of sp³-hybridized carbons (Fsp3) is 0.444. The van der Waals surface area contributed by atoms with Crippen LogP contribution in [0.25, 0.3) is 0 Å². The molecule has 2 nitrogen and oxygen atoms in total. The zero-order valence-corrected chi connectivity index (χ0v) is 8.42. The van der Waals surface area contributed by atoms with Crippen LogP contribution in [0.4, 0.5) is 0 Å². The average molecular weight is 178 g/mol. The molecule has 0 bridgehead atoms. The van der Waals surface area contributed by atoms with Gasteiger partial charge in [-0.15, -0.1) is 6.58 Å². The van der Waals surface area contributed by atoms with Crippen molar-refractivity contribution >= 4 is 10.5 Å². The molecular weight excluding hydrogens is 166 g/mol. The minimum Gasteiger partial charge on any atom is -0.534 e. The van der Waals surface area contributed by atoms with E-state index in [9.17, 15) is 0 Å². The largest absolute Gasteiger partial charge is 0.534 e. The Labute approximate surface area is 77.1 Å². The molecule has 0 amide bonds. The Balaban J connectivity index is 4.21. The van der Waals surface area contributed by atoms with Crippen molar-refractivity contribution in [2.45, 2.75) is 20.3 Å². The first-order chi connectivity index (χ1) is 5.55.